The standard InChI is InChI=1S/C8H11N/c1-7-5-3-4-6-8(7)9-2/h3-6,9H,1-2H3/i2D3. The second kappa shape index (κ2) is 2.53. The third-order valence-electron chi connectivity index (χ3n) is 1.28. The summed E-state index contributed by atoms with van der Waals surface area (Å²) in [7, 11) is 0. The van der Waals surface area contributed by atoms with Crippen molar-refractivity contribution in [1.82, 2.24) is 0 Å². The van der Waals surface area contributed by atoms with Crippen molar-refractivity contribution in [2.75, 3.05) is 12.3 Å². The first kappa shape index (κ1) is 3.25. The van der Waals surface area contributed by atoms with Crippen molar-refractivity contribution in [3.8, 4) is 0 Å². The van der Waals surface area contributed by atoms with Gasteiger partial charge in [-0.05, 0) is 18.6 Å². The fraction of sp³-hybridized carbons (Fsp3) is 0.250. The van der Waals surface area contributed by atoms with Gasteiger partial charge in [0, 0.05) is 16.8 Å². The van der Waals surface area contributed by atoms with E-state index in [1.165, 1.54) is 0 Å². The summed E-state index contributed by atoms with van der Waals surface area (Å²) >= 11 is 0. The summed E-state index contributed by atoms with van der Waals surface area (Å²) in [6.07, 6.45) is 0. The fourth-order valence-corrected chi connectivity index (χ4v) is 0.713. The fourth-order valence-electron chi connectivity index (χ4n) is 0.713. The molecule has 1 aromatic rings. The van der Waals surface area contributed by atoms with Crippen LogP contribution in [0.4, 0.5) is 5.69 Å². The van der Waals surface area contributed by atoms with Crippen molar-refractivity contribution >= 4 is 5.69 Å². The van der Waals surface area contributed by atoms with Crippen LogP contribution in [-0.2, 0) is 0 Å². The van der Waals surface area contributed by atoms with Crippen LogP contribution in [-0.4, -0.2) is 6.98 Å². The molecule has 0 bridgehead atoms. The van der Waals surface area contributed by atoms with Gasteiger partial charge < -0.3 is 5.32 Å². The quantitative estimate of drug-likeness (QED) is 0.604. The molecule has 0 aliphatic carbocycles. The minimum Gasteiger partial charge on any atom is -0.388 e. The molecule has 0 aliphatic heterocycles. The smallest absolute Gasteiger partial charge is 0.0453 e. The van der Waals surface area contributed by atoms with Gasteiger partial charge in [-0.15, -0.1) is 0 Å². The molecular weight excluding hydrogens is 110 g/mol. The van der Waals surface area contributed by atoms with Crippen LogP contribution in [0.2, 0.25) is 0 Å². The Kier molecular flexibility index (Phi) is 0.916. The third-order valence-corrected chi connectivity index (χ3v) is 1.28. The molecule has 0 heterocycles. The average Bonchev–Trinajstić information content (AvgIpc) is 1.91. The van der Waals surface area contributed by atoms with Crippen LogP contribution in [0.25, 0.3) is 0 Å². The van der Waals surface area contributed by atoms with Gasteiger partial charge in [0.2, 0.25) is 0 Å². The average molecular weight is 124 g/mol. The van der Waals surface area contributed by atoms with E-state index in [1.807, 2.05) is 19.1 Å². The van der Waals surface area contributed by atoms with Crippen LogP contribution in [0.1, 0.15) is 9.68 Å². The molecule has 0 aromatic heterocycles. The molecule has 0 aliphatic rings. The molecule has 0 spiro atoms. The van der Waals surface area contributed by atoms with Crippen LogP contribution < -0.4 is 5.32 Å². The maximum Gasteiger partial charge on any atom is 0.0453 e. The Hall–Kier alpha value is -0.980. The Balaban J connectivity index is 2.83. The van der Waals surface area contributed by atoms with Crippen molar-refractivity contribution < 1.29 is 4.11 Å². The Morgan fingerprint density at radius 2 is 2.22 bits per heavy atom. The molecular formula is C8H11N. The molecule has 1 nitrogen and oxygen atoms in total. The van der Waals surface area contributed by atoms with Gasteiger partial charge in [0.05, 0.1) is 0 Å². The van der Waals surface area contributed by atoms with Gasteiger partial charge in [-0.25, -0.2) is 0 Å². The number of nitrogens with one attached hydrogen (secondary N) is 1. The van der Waals surface area contributed by atoms with Crippen molar-refractivity contribution in [3.05, 3.63) is 29.8 Å². The molecule has 0 atom stereocenters. The highest BCUT2D eigenvalue weighted by atomic mass is 14.8. The summed E-state index contributed by atoms with van der Waals surface area (Å²) in [5.74, 6) is 0. The van der Waals surface area contributed by atoms with E-state index in [0.717, 1.165) is 5.56 Å². The molecule has 0 amide bonds. The number of para-hydroxylation sites is 1. The summed E-state index contributed by atoms with van der Waals surface area (Å²) in [4.78, 5) is 0. The van der Waals surface area contributed by atoms with Crippen LogP contribution in [0, 0.1) is 6.92 Å². The van der Waals surface area contributed by atoms with Gasteiger partial charge >= 0.3 is 0 Å². The number of hydrogen-bond acceptors (Lipinski definition) is 1. The summed E-state index contributed by atoms with van der Waals surface area (Å²) in [6.45, 7) is -0.236. The van der Waals surface area contributed by atoms with Crippen LogP contribution in [0.3, 0.4) is 0 Å². The highest BCUT2D eigenvalue weighted by Crippen LogP contribution is 2.10. The lowest BCUT2D eigenvalue weighted by molar-refractivity contribution is 1.41. The number of hydrogen-bond donors (Lipinski definition) is 1. The van der Waals surface area contributed by atoms with Crippen LogP contribution in [0.15, 0.2) is 24.3 Å². The van der Waals surface area contributed by atoms with Crippen molar-refractivity contribution in [3.63, 3.8) is 0 Å². The first-order valence-corrected chi connectivity index (χ1v) is 2.83. The number of anilines is 1. The van der Waals surface area contributed by atoms with Gasteiger partial charge in [0.25, 0.3) is 0 Å². The second-order valence-electron chi connectivity index (χ2n) is 1.94. The molecule has 0 saturated heterocycles. The monoisotopic (exact) mass is 124 g/mol. The zero-order valence-corrected chi connectivity index (χ0v) is 5.31. The van der Waals surface area contributed by atoms with Gasteiger partial charge in [-0.2, -0.15) is 0 Å². The van der Waals surface area contributed by atoms with E-state index in [2.05, 4.69) is 5.32 Å². The van der Waals surface area contributed by atoms with Gasteiger partial charge in [0.15, 0.2) is 0 Å². The van der Waals surface area contributed by atoms with Gasteiger partial charge in [-0.3, -0.25) is 0 Å². The Morgan fingerprint density at radius 1 is 1.44 bits per heavy atom. The molecule has 9 heavy (non-hydrogen) atoms. The van der Waals surface area contributed by atoms with E-state index in [9.17, 15) is 0 Å². The molecule has 0 fully saturated rings. The lowest BCUT2D eigenvalue weighted by Crippen LogP contribution is -1.89. The molecule has 0 radical (unpaired) electrons. The molecule has 48 valence electrons. The molecule has 0 saturated carbocycles. The SMILES string of the molecule is [2H]C([2H])([2H])Nc1ccccc1C. The Labute approximate surface area is 59.9 Å². The van der Waals surface area contributed by atoms with Crippen molar-refractivity contribution in [2.24, 2.45) is 0 Å². The largest absolute Gasteiger partial charge is 0.388 e. The van der Waals surface area contributed by atoms with E-state index < -0.39 is 6.98 Å². The lowest BCUT2D eigenvalue weighted by atomic mass is 10.2. The zero-order valence-electron chi connectivity index (χ0n) is 8.31. The first-order valence-electron chi connectivity index (χ1n) is 4.33. The number of rotatable bonds is 1. The Bertz CT molecular complexity index is 267. The van der Waals surface area contributed by atoms with E-state index in [1.54, 1.807) is 12.1 Å². The maximum atomic E-state index is 6.99. The lowest BCUT2D eigenvalue weighted by Gasteiger charge is -2.01. The predicted octanol–water partition coefficient (Wildman–Crippen LogP) is 2.04. The normalized spacial score (nSPS) is 15.4. The van der Waals surface area contributed by atoms with Gasteiger partial charge in [-0.1, -0.05) is 18.2 Å². The predicted molar refractivity (Wildman–Crippen MR) is 40.7 cm³/mol. The molecule has 0 unspecified atom stereocenters. The topological polar surface area (TPSA) is 12.0 Å². The molecule has 1 aromatic carbocycles. The van der Waals surface area contributed by atoms with E-state index in [4.69, 9.17) is 4.11 Å². The Morgan fingerprint density at radius 3 is 2.89 bits per heavy atom. The van der Waals surface area contributed by atoms with E-state index >= 15 is 0 Å². The highest BCUT2D eigenvalue weighted by Gasteiger charge is 1.88. The summed E-state index contributed by atoms with van der Waals surface area (Å²) in [5.41, 5.74) is 1.60. The van der Waals surface area contributed by atoms with E-state index in [0.29, 0.717) is 5.69 Å². The number of benzene rings is 1. The minimum atomic E-state index is -2.11. The van der Waals surface area contributed by atoms with Crippen molar-refractivity contribution in [2.45, 2.75) is 6.92 Å². The number of aryl methyl sites for hydroxylation is 1. The summed E-state index contributed by atoms with van der Waals surface area (Å²) < 4.78 is 21.0. The van der Waals surface area contributed by atoms with Crippen molar-refractivity contribution in [1.29, 1.82) is 0 Å². The van der Waals surface area contributed by atoms with Crippen LogP contribution >= 0.6 is 0 Å². The van der Waals surface area contributed by atoms with Crippen LogP contribution in [0.5, 0.6) is 0 Å². The first-order chi connectivity index (χ1) is 5.49. The molecule has 1 N–H and O–H groups in total. The maximum absolute atomic E-state index is 6.99. The third kappa shape index (κ3) is 1.22. The summed E-state index contributed by atoms with van der Waals surface area (Å²) in [5, 5.41) is 2.45. The van der Waals surface area contributed by atoms with E-state index in [-0.39, 0.29) is 0 Å². The van der Waals surface area contributed by atoms with Gasteiger partial charge in [0.1, 0.15) is 0 Å². The highest BCUT2D eigenvalue weighted by molar-refractivity contribution is 5.49. The summed E-state index contributed by atoms with van der Waals surface area (Å²) in [6, 6.07) is 7.30. The molecule has 1 heteroatoms. The molecule has 1 rings (SSSR count). The zero-order chi connectivity index (χ0) is 9.19. The second-order valence-corrected chi connectivity index (χ2v) is 1.94. The minimum absolute atomic E-state index is 0.664.